The van der Waals surface area contributed by atoms with E-state index in [0.717, 1.165) is 29.9 Å². The van der Waals surface area contributed by atoms with Crippen LogP contribution < -0.4 is 11.3 Å². The molecule has 0 aliphatic heterocycles. The van der Waals surface area contributed by atoms with Gasteiger partial charge in [0, 0.05) is 25.4 Å². The van der Waals surface area contributed by atoms with Crippen molar-refractivity contribution in [2.24, 2.45) is 12.9 Å². The maximum atomic E-state index is 5.68. The molecule has 18 heavy (non-hydrogen) atoms. The molecule has 1 atom stereocenters. The van der Waals surface area contributed by atoms with Crippen LogP contribution in [0.5, 0.6) is 0 Å². The molecule has 0 bridgehead atoms. The summed E-state index contributed by atoms with van der Waals surface area (Å²) in [6.07, 6.45) is 4.70. The van der Waals surface area contributed by atoms with Crippen LogP contribution in [0.25, 0.3) is 0 Å². The maximum Gasteiger partial charge on any atom is 0.0927 e. The van der Waals surface area contributed by atoms with Gasteiger partial charge in [0.25, 0.3) is 0 Å². The molecule has 0 aliphatic rings. The molecule has 0 fully saturated rings. The Bertz CT molecular complexity index is 513. The van der Waals surface area contributed by atoms with Crippen LogP contribution in [0.4, 0.5) is 0 Å². The van der Waals surface area contributed by atoms with E-state index in [4.69, 9.17) is 5.84 Å². The fraction of sp³-hybridized carbons (Fsp3) is 0.545. The fourth-order valence-electron chi connectivity index (χ4n) is 2.11. The second kappa shape index (κ2) is 5.28. The Labute approximate surface area is 106 Å². The van der Waals surface area contributed by atoms with Gasteiger partial charge in [0.1, 0.15) is 0 Å². The van der Waals surface area contributed by atoms with Gasteiger partial charge in [-0.25, -0.2) is 10.1 Å². The Morgan fingerprint density at radius 1 is 1.50 bits per heavy atom. The lowest BCUT2D eigenvalue weighted by molar-refractivity contribution is 0.511. The lowest BCUT2D eigenvalue weighted by Crippen LogP contribution is -2.31. The van der Waals surface area contributed by atoms with Crippen molar-refractivity contribution in [1.29, 1.82) is 0 Å². The smallest absolute Gasteiger partial charge is 0.0927 e. The number of hydrogen-bond acceptors (Lipinski definition) is 5. The molecular formula is C11H19N7. The summed E-state index contributed by atoms with van der Waals surface area (Å²) in [7, 11) is 1.89. The van der Waals surface area contributed by atoms with E-state index in [2.05, 4.69) is 27.8 Å². The van der Waals surface area contributed by atoms with Crippen LogP contribution >= 0.6 is 0 Å². The molecule has 2 heterocycles. The van der Waals surface area contributed by atoms with E-state index in [1.54, 1.807) is 10.9 Å². The average molecular weight is 249 g/mol. The SMILES string of the molecule is CCCn1nncc1C(NN)c1cn(C)nc1C. The first-order chi connectivity index (χ1) is 8.67. The van der Waals surface area contributed by atoms with Crippen molar-refractivity contribution in [2.75, 3.05) is 0 Å². The zero-order chi connectivity index (χ0) is 13.1. The second-order valence-electron chi connectivity index (χ2n) is 4.33. The molecule has 0 spiro atoms. The molecule has 98 valence electrons. The van der Waals surface area contributed by atoms with Crippen LogP contribution in [-0.2, 0) is 13.6 Å². The van der Waals surface area contributed by atoms with Gasteiger partial charge in [-0.1, -0.05) is 12.1 Å². The highest BCUT2D eigenvalue weighted by Gasteiger charge is 2.21. The maximum absolute atomic E-state index is 5.68. The lowest BCUT2D eigenvalue weighted by atomic mass is 10.1. The normalized spacial score (nSPS) is 12.9. The van der Waals surface area contributed by atoms with Gasteiger partial charge in [0.2, 0.25) is 0 Å². The van der Waals surface area contributed by atoms with Gasteiger partial charge in [0.15, 0.2) is 0 Å². The topological polar surface area (TPSA) is 86.6 Å². The average Bonchev–Trinajstić information content (AvgIpc) is 2.89. The van der Waals surface area contributed by atoms with Gasteiger partial charge < -0.3 is 0 Å². The Kier molecular flexibility index (Phi) is 3.73. The van der Waals surface area contributed by atoms with Crippen LogP contribution in [0.1, 0.15) is 36.3 Å². The number of nitrogens with zero attached hydrogens (tertiary/aromatic N) is 5. The summed E-state index contributed by atoms with van der Waals surface area (Å²) in [6.45, 7) is 4.89. The molecule has 0 aromatic carbocycles. The van der Waals surface area contributed by atoms with Crippen LogP contribution in [0.2, 0.25) is 0 Å². The van der Waals surface area contributed by atoms with Crippen LogP contribution in [0, 0.1) is 6.92 Å². The molecule has 3 N–H and O–H groups in total. The summed E-state index contributed by atoms with van der Waals surface area (Å²) >= 11 is 0. The van der Waals surface area contributed by atoms with Crippen molar-refractivity contribution in [3.8, 4) is 0 Å². The Hall–Kier alpha value is -1.73. The van der Waals surface area contributed by atoms with E-state index in [1.165, 1.54) is 0 Å². The monoisotopic (exact) mass is 249 g/mol. The highest BCUT2D eigenvalue weighted by Crippen LogP contribution is 2.22. The second-order valence-corrected chi connectivity index (χ2v) is 4.33. The summed E-state index contributed by atoms with van der Waals surface area (Å²) < 4.78 is 3.65. The minimum atomic E-state index is -0.139. The minimum absolute atomic E-state index is 0.139. The first kappa shape index (κ1) is 12.7. The van der Waals surface area contributed by atoms with Crippen molar-refractivity contribution in [3.05, 3.63) is 29.3 Å². The number of aryl methyl sites for hydroxylation is 3. The molecule has 2 aromatic heterocycles. The fourth-order valence-corrected chi connectivity index (χ4v) is 2.11. The van der Waals surface area contributed by atoms with Crippen molar-refractivity contribution in [3.63, 3.8) is 0 Å². The zero-order valence-electron chi connectivity index (χ0n) is 11.0. The van der Waals surface area contributed by atoms with Crippen LogP contribution in [0.15, 0.2) is 12.4 Å². The molecule has 0 aliphatic carbocycles. The summed E-state index contributed by atoms with van der Waals surface area (Å²) in [5.74, 6) is 5.68. The molecule has 0 radical (unpaired) electrons. The molecule has 2 rings (SSSR count). The van der Waals surface area contributed by atoms with Gasteiger partial charge >= 0.3 is 0 Å². The van der Waals surface area contributed by atoms with Crippen molar-refractivity contribution in [1.82, 2.24) is 30.2 Å². The molecule has 0 saturated heterocycles. The van der Waals surface area contributed by atoms with Crippen LogP contribution in [-0.4, -0.2) is 24.8 Å². The van der Waals surface area contributed by atoms with Gasteiger partial charge in [-0.3, -0.25) is 10.5 Å². The summed E-state index contributed by atoms with van der Waals surface area (Å²) in [5.41, 5.74) is 5.76. The number of rotatable bonds is 5. The lowest BCUT2D eigenvalue weighted by Gasteiger charge is -2.16. The van der Waals surface area contributed by atoms with E-state index in [1.807, 2.05) is 24.9 Å². The van der Waals surface area contributed by atoms with E-state index in [0.29, 0.717) is 0 Å². The van der Waals surface area contributed by atoms with Crippen molar-refractivity contribution >= 4 is 0 Å². The summed E-state index contributed by atoms with van der Waals surface area (Å²) in [5, 5.41) is 12.4. The molecule has 7 heteroatoms. The molecule has 0 saturated carbocycles. The Morgan fingerprint density at radius 3 is 2.83 bits per heavy atom. The highest BCUT2D eigenvalue weighted by molar-refractivity contribution is 5.27. The third-order valence-corrected chi connectivity index (χ3v) is 2.91. The van der Waals surface area contributed by atoms with Crippen molar-refractivity contribution < 1.29 is 0 Å². The number of nitrogens with one attached hydrogen (secondary N) is 1. The first-order valence-electron chi connectivity index (χ1n) is 6.02. The number of hydrazine groups is 1. The number of hydrogen-bond donors (Lipinski definition) is 2. The Morgan fingerprint density at radius 2 is 2.28 bits per heavy atom. The highest BCUT2D eigenvalue weighted by atomic mass is 15.4. The predicted octanol–water partition coefficient (Wildman–Crippen LogP) is 0.283. The molecule has 1 unspecified atom stereocenters. The number of aromatic nitrogens is 5. The van der Waals surface area contributed by atoms with Gasteiger partial charge in [-0.05, 0) is 13.3 Å². The van der Waals surface area contributed by atoms with Crippen molar-refractivity contribution in [2.45, 2.75) is 32.9 Å². The van der Waals surface area contributed by atoms with Gasteiger partial charge in [-0.15, -0.1) is 5.10 Å². The minimum Gasteiger partial charge on any atom is -0.275 e. The zero-order valence-corrected chi connectivity index (χ0v) is 11.0. The standard InChI is InChI=1S/C11H19N7/c1-4-5-18-10(6-13-16-18)11(14-12)9-7-17(3)15-8(9)2/h6-7,11,14H,4-5,12H2,1-3H3. The summed E-state index contributed by atoms with van der Waals surface area (Å²) in [4.78, 5) is 0. The van der Waals surface area contributed by atoms with E-state index < -0.39 is 0 Å². The predicted molar refractivity (Wildman–Crippen MR) is 67.4 cm³/mol. The first-order valence-corrected chi connectivity index (χ1v) is 6.02. The molecular weight excluding hydrogens is 230 g/mol. The van der Waals surface area contributed by atoms with E-state index in [9.17, 15) is 0 Å². The molecule has 0 amide bonds. The molecule has 2 aromatic rings. The third kappa shape index (κ3) is 2.27. The number of nitrogens with two attached hydrogens (primary N) is 1. The quantitative estimate of drug-likeness (QED) is 0.587. The Balaban J connectivity index is 2.39. The summed E-state index contributed by atoms with van der Waals surface area (Å²) in [6, 6.07) is -0.139. The molecule has 7 nitrogen and oxygen atoms in total. The van der Waals surface area contributed by atoms with Gasteiger partial charge in [0.05, 0.1) is 23.6 Å². The van der Waals surface area contributed by atoms with E-state index in [-0.39, 0.29) is 6.04 Å². The van der Waals surface area contributed by atoms with Gasteiger partial charge in [-0.2, -0.15) is 5.10 Å². The van der Waals surface area contributed by atoms with Crippen LogP contribution in [0.3, 0.4) is 0 Å². The third-order valence-electron chi connectivity index (χ3n) is 2.91. The largest absolute Gasteiger partial charge is 0.275 e. The van der Waals surface area contributed by atoms with E-state index >= 15 is 0 Å².